The first-order valence-corrected chi connectivity index (χ1v) is 15.4. The molecule has 2 aliphatic rings. The van der Waals surface area contributed by atoms with Gasteiger partial charge in [-0.25, -0.2) is 4.39 Å². The molecule has 0 bridgehead atoms. The molecule has 3 unspecified atom stereocenters. The Morgan fingerprint density at radius 3 is 2.34 bits per heavy atom. The van der Waals surface area contributed by atoms with Gasteiger partial charge in [0.1, 0.15) is 11.9 Å². The fourth-order valence-electron chi connectivity index (χ4n) is 7.11. The molecule has 6 nitrogen and oxygen atoms in total. The molecule has 10 heteroatoms. The van der Waals surface area contributed by atoms with E-state index in [4.69, 9.17) is 5.10 Å². The summed E-state index contributed by atoms with van der Waals surface area (Å²) in [5.74, 6) is 0.0653. The van der Waals surface area contributed by atoms with Crippen molar-refractivity contribution in [2.75, 3.05) is 19.6 Å². The van der Waals surface area contributed by atoms with Gasteiger partial charge in [-0.1, -0.05) is 56.3 Å². The van der Waals surface area contributed by atoms with Gasteiger partial charge in [0.15, 0.2) is 0 Å². The summed E-state index contributed by atoms with van der Waals surface area (Å²) in [6.45, 7) is 9.96. The lowest BCUT2D eigenvalue weighted by molar-refractivity contribution is -0.140. The van der Waals surface area contributed by atoms with Crippen LogP contribution in [-0.4, -0.2) is 57.5 Å². The summed E-state index contributed by atoms with van der Waals surface area (Å²) in [6, 6.07) is 19.4. The van der Waals surface area contributed by atoms with E-state index in [9.17, 15) is 14.3 Å². The zero-order valence-corrected chi connectivity index (χ0v) is 28.4. The average molecular weight is 670 g/mol. The summed E-state index contributed by atoms with van der Waals surface area (Å²) >= 11 is 0. The zero-order valence-electron chi connectivity index (χ0n) is 25.9. The molecule has 44 heavy (non-hydrogen) atoms. The molecule has 0 amide bonds. The van der Waals surface area contributed by atoms with Crippen molar-refractivity contribution in [3.8, 4) is 0 Å². The van der Waals surface area contributed by atoms with E-state index in [1.165, 1.54) is 17.3 Å². The molecule has 2 fully saturated rings. The summed E-state index contributed by atoms with van der Waals surface area (Å²) in [5.41, 5.74) is 4.81. The van der Waals surface area contributed by atoms with Crippen LogP contribution in [0, 0.1) is 17.7 Å². The molecule has 244 valence electrons. The van der Waals surface area contributed by atoms with Crippen LogP contribution in [0.3, 0.4) is 0 Å². The lowest BCUT2D eigenvalue weighted by Crippen LogP contribution is -2.46. The minimum Gasteiger partial charge on any atom is -0.480 e. The predicted molar refractivity (Wildman–Crippen MR) is 182 cm³/mol. The first-order valence-electron chi connectivity index (χ1n) is 15.4. The van der Waals surface area contributed by atoms with Crippen LogP contribution in [0.25, 0.3) is 0 Å². The molecule has 4 atom stereocenters. The number of benzene rings is 2. The van der Waals surface area contributed by atoms with Crippen LogP contribution in [-0.2, 0) is 17.8 Å². The topological polar surface area (TPSA) is 70.4 Å². The SMILES string of the molecule is CCn1nc(Cc2ccccc2)cc1C1CCN(CC2CC(N[C@@H](C(=O)O)C(C)C)CC2c2cccc(F)c2)CC1.Cl.Cl.Cl. The highest BCUT2D eigenvalue weighted by Crippen LogP contribution is 2.42. The van der Waals surface area contributed by atoms with Gasteiger partial charge in [0.2, 0.25) is 0 Å². The quantitative estimate of drug-likeness (QED) is 0.224. The molecule has 3 aromatic rings. The largest absolute Gasteiger partial charge is 0.480 e. The van der Waals surface area contributed by atoms with Crippen LogP contribution in [0.5, 0.6) is 0 Å². The third-order valence-electron chi connectivity index (χ3n) is 9.21. The summed E-state index contributed by atoms with van der Waals surface area (Å²) in [4.78, 5) is 14.5. The second-order valence-electron chi connectivity index (χ2n) is 12.4. The number of carboxylic acid groups (broad SMARTS) is 1. The molecule has 0 radical (unpaired) electrons. The lowest BCUT2D eigenvalue weighted by Gasteiger charge is -2.35. The first kappa shape index (κ1) is 38.0. The second kappa shape index (κ2) is 17.5. The molecule has 0 spiro atoms. The van der Waals surface area contributed by atoms with Crippen LogP contribution < -0.4 is 5.32 Å². The molecular weight excluding hydrogens is 622 g/mol. The fraction of sp³-hybridized carbons (Fsp3) is 0.529. The molecule has 5 rings (SSSR count). The van der Waals surface area contributed by atoms with Gasteiger partial charge >= 0.3 is 5.97 Å². The summed E-state index contributed by atoms with van der Waals surface area (Å²) in [7, 11) is 0. The first-order chi connectivity index (χ1) is 19.8. The van der Waals surface area contributed by atoms with Crippen LogP contribution in [0.4, 0.5) is 4.39 Å². The van der Waals surface area contributed by atoms with Crippen molar-refractivity contribution >= 4 is 43.2 Å². The van der Waals surface area contributed by atoms with Gasteiger partial charge in [-0.3, -0.25) is 9.48 Å². The highest BCUT2D eigenvalue weighted by atomic mass is 35.5. The molecule has 1 aliphatic heterocycles. The van der Waals surface area contributed by atoms with Crippen LogP contribution in [0.2, 0.25) is 0 Å². The number of likely N-dealkylation sites (tertiary alicyclic amines) is 1. The van der Waals surface area contributed by atoms with Crippen LogP contribution >= 0.6 is 37.2 Å². The molecular formula is C34H48Cl3FN4O2. The maximum atomic E-state index is 14.2. The number of aryl methyl sites for hydroxylation is 1. The summed E-state index contributed by atoms with van der Waals surface area (Å²) < 4.78 is 16.4. The van der Waals surface area contributed by atoms with Crippen LogP contribution in [0.1, 0.15) is 80.8 Å². The standard InChI is InChI=1S/C34H45FN4O2.3ClH/c1-4-39-32(21-30(37-39)17-24-9-6-5-7-10-24)25-13-15-38(16-14-25)22-27-19-29(36-33(23(2)3)34(40)41)20-31(27)26-11-8-12-28(35)18-26;;;/h5-12,18,21,23,25,27,29,31,33,36H,4,13-17,19-20,22H2,1-3H3,(H,40,41);3*1H/t27?,29?,31?,33-;;;/m1.../s1. The van der Waals surface area contributed by atoms with Crippen molar-refractivity contribution in [2.24, 2.45) is 11.8 Å². The van der Waals surface area contributed by atoms with E-state index < -0.39 is 12.0 Å². The third-order valence-corrected chi connectivity index (χ3v) is 9.21. The number of piperidine rings is 1. The average Bonchev–Trinajstić information content (AvgIpc) is 3.56. The van der Waals surface area contributed by atoms with Crippen molar-refractivity contribution in [1.82, 2.24) is 20.0 Å². The number of nitrogens with zero attached hydrogens (tertiary/aromatic N) is 3. The maximum Gasteiger partial charge on any atom is 0.320 e. The number of aromatic nitrogens is 2. The number of carboxylic acids is 1. The number of hydrogen-bond acceptors (Lipinski definition) is 4. The normalized spacial score (nSPS) is 21.2. The van der Waals surface area contributed by atoms with Gasteiger partial charge in [-0.2, -0.15) is 5.10 Å². The Bertz CT molecular complexity index is 1300. The van der Waals surface area contributed by atoms with E-state index in [-0.39, 0.29) is 60.9 Å². The van der Waals surface area contributed by atoms with Crippen molar-refractivity contribution in [2.45, 2.75) is 83.3 Å². The van der Waals surface area contributed by atoms with E-state index >= 15 is 0 Å². The Morgan fingerprint density at radius 1 is 1.02 bits per heavy atom. The fourth-order valence-corrected chi connectivity index (χ4v) is 7.11. The van der Waals surface area contributed by atoms with Gasteiger partial charge in [0.25, 0.3) is 0 Å². The number of carbonyl (C=O) groups is 1. The number of hydrogen-bond donors (Lipinski definition) is 2. The summed E-state index contributed by atoms with van der Waals surface area (Å²) in [6.07, 6.45) is 4.80. The van der Waals surface area contributed by atoms with Gasteiger partial charge < -0.3 is 15.3 Å². The van der Waals surface area contributed by atoms with Gasteiger partial charge in [0, 0.05) is 37.2 Å². The molecule has 1 saturated carbocycles. The molecule has 1 aromatic heterocycles. The maximum absolute atomic E-state index is 14.2. The minimum atomic E-state index is -0.800. The molecule has 1 saturated heterocycles. The summed E-state index contributed by atoms with van der Waals surface area (Å²) in [5, 5.41) is 18.1. The third kappa shape index (κ3) is 9.43. The van der Waals surface area contributed by atoms with E-state index in [0.29, 0.717) is 11.8 Å². The Balaban J connectivity index is 0.00000225. The van der Waals surface area contributed by atoms with Crippen molar-refractivity contribution in [1.29, 1.82) is 0 Å². The van der Waals surface area contributed by atoms with Crippen molar-refractivity contribution in [3.63, 3.8) is 0 Å². The molecule has 2 heterocycles. The molecule has 2 N–H and O–H groups in total. The smallest absolute Gasteiger partial charge is 0.320 e. The van der Waals surface area contributed by atoms with Gasteiger partial charge in [-0.05, 0) is 92.8 Å². The Kier molecular flexibility index (Phi) is 15.1. The molecule has 1 aliphatic carbocycles. The number of nitrogens with one attached hydrogen (secondary N) is 1. The van der Waals surface area contributed by atoms with Gasteiger partial charge in [0.05, 0.1) is 5.69 Å². The second-order valence-corrected chi connectivity index (χ2v) is 12.4. The number of rotatable bonds is 11. The zero-order chi connectivity index (χ0) is 28.9. The number of aliphatic carboxylic acids is 1. The Labute approximate surface area is 280 Å². The number of halogens is 4. The van der Waals surface area contributed by atoms with Crippen LogP contribution in [0.15, 0.2) is 60.7 Å². The highest BCUT2D eigenvalue weighted by Gasteiger charge is 2.39. The van der Waals surface area contributed by atoms with Gasteiger partial charge in [-0.15, -0.1) is 37.2 Å². The van der Waals surface area contributed by atoms with E-state index in [1.54, 1.807) is 12.1 Å². The van der Waals surface area contributed by atoms with Crippen molar-refractivity contribution < 1.29 is 14.3 Å². The minimum absolute atomic E-state index is 0. The lowest BCUT2D eigenvalue weighted by atomic mass is 9.87. The van der Waals surface area contributed by atoms with E-state index in [1.807, 2.05) is 26.0 Å². The monoisotopic (exact) mass is 668 g/mol. The Hall–Kier alpha value is -2.16. The molecule has 2 aromatic carbocycles. The van der Waals surface area contributed by atoms with Crippen molar-refractivity contribution in [3.05, 3.63) is 89.0 Å². The van der Waals surface area contributed by atoms with E-state index in [0.717, 1.165) is 69.5 Å². The highest BCUT2D eigenvalue weighted by molar-refractivity contribution is 5.86. The Morgan fingerprint density at radius 2 is 1.73 bits per heavy atom. The predicted octanol–water partition coefficient (Wildman–Crippen LogP) is 7.34. The van der Waals surface area contributed by atoms with E-state index in [2.05, 4.69) is 52.2 Å².